The van der Waals surface area contributed by atoms with Gasteiger partial charge in [0.1, 0.15) is 5.82 Å². The molecule has 2 aromatic heterocycles. The summed E-state index contributed by atoms with van der Waals surface area (Å²) in [4.78, 5) is 0.228. The summed E-state index contributed by atoms with van der Waals surface area (Å²) >= 11 is 3.28. The molecule has 0 aliphatic carbocycles. The predicted octanol–water partition coefficient (Wildman–Crippen LogP) is 2.42. The van der Waals surface area contributed by atoms with Gasteiger partial charge in [-0.05, 0) is 48.5 Å². The van der Waals surface area contributed by atoms with E-state index < -0.39 is 10.0 Å². The number of halogens is 1. The second-order valence-corrected chi connectivity index (χ2v) is 7.83. The molecule has 2 heterocycles. The van der Waals surface area contributed by atoms with Gasteiger partial charge in [-0.3, -0.25) is 0 Å². The summed E-state index contributed by atoms with van der Waals surface area (Å²) in [5.74, 6) is 1.30. The Balaban J connectivity index is 1.50. The van der Waals surface area contributed by atoms with E-state index in [2.05, 4.69) is 36.2 Å². The Bertz CT molecular complexity index is 910. The third-order valence-corrected chi connectivity index (χ3v) is 5.37. The number of hydrogen-bond acceptors (Lipinski definition) is 5. The van der Waals surface area contributed by atoms with Crippen molar-refractivity contribution in [3.63, 3.8) is 0 Å². The van der Waals surface area contributed by atoms with Crippen LogP contribution in [0, 0.1) is 0 Å². The van der Waals surface area contributed by atoms with Gasteiger partial charge in [-0.1, -0.05) is 15.9 Å². The summed E-state index contributed by atoms with van der Waals surface area (Å²) in [7, 11) is -3.52. The van der Waals surface area contributed by atoms with E-state index in [1.165, 1.54) is 0 Å². The van der Waals surface area contributed by atoms with Gasteiger partial charge in [0.25, 0.3) is 0 Å². The molecule has 0 bridgehead atoms. The monoisotopic (exact) mass is 421 g/mol. The van der Waals surface area contributed by atoms with Crippen LogP contribution in [-0.2, 0) is 10.0 Å². The Labute approximate surface area is 154 Å². The lowest BCUT2D eigenvalue weighted by Crippen LogP contribution is -2.29. The highest BCUT2D eigenvalue weighted by Crippen LogP contribution is 2.14. The van der Waals surface area contributed by atoms with Crippen molar-refractivity contribution in [1.29, 1.82) is 0 Å². The minimum absolute atomic E-state index is 0.228. The third-order valence-electron chi connectivity index (χ3n) is 3.37. The molecule has 0 radical (unpaired) electrons. The van der Waals surface area contributed by atoms with Crippen LogP contribution < -0.4 is 10.0 Å². The minimum atomic E-state index is -3.52. The molecule has 9 heteroatoms. The van der Waals surface area contributed by atoms with Crippen LogP contribution in [0.15, 0.2) is 70.3 Å². The average molecular weight is 422 g/mol. The molecule has 0 aliphatic heterocycles. The van der Waals surface area contributed by atoms with Gasteiger partial charge in [0.15, 0.2) is 5.82 Å². The molecular weight excluding hydrogens is 406 g/mol. The average Bonchev–Trinajstić information content (AvgIpc) is 3.14. The first-order chi connectivity index (χ1) is 12.0. The van der Waals surface area contributed by atoms with E-state index >= 15 is 0 Å². The number of rotatable bonds is 7. The van der Waals surface area contributed by atoms with E-state index in [4.69, 9.17) is 0 Å². The number of anilines is 1. The number of hydrogen-bond donors (Lipinski definition) is 2. The Morgan fingerprint density at radius 3 is 2.32 bits per heavy atom. The number of benzene rings is 1. The number of nitrogens with zero attached hydrogens (tertiary/aromatic N) is 3. The third kappa shape index (κ3) is 4.65. The molecule has 0 amide bonds. The maximum Gasteiger partial charge on any atom is 0.240 e. The molecule has 0 aliphatic rings. The molecule has 130 valence electrons. The van der Waals surface area contributed by atoms with Gasteiger partial charge in [0.2, 0.25) is 10.0 Å². The zero-order valence-electron chi connectivity index (χ0n) is 13.1. The van der Waals surface area contributed by atoms with Crippen molar-refractivity contribution in [1.82, 2.24) is 19.5 Å². The molecule has 1 aromatic carbocycles. The highest BCUT2D eigenvalue weighted by Gasteiger charge is 2.12. The smallest absolute Gasteiger partial charge is 0.240 e. The van der Waals surface area contributed by atoms with Gasteiger partial charge < -0.3 is 9.88 Å². The lowest BCUT2D eigenvalue weighted by atomic mass is 10.4. The molecule has 3 aromatic rings. The predicted molar refractivity (Wildman–Crippen MR) is 99.2 cm³/mol. The molecule has 0 saturated heterocycles. The van der Waals surface area contributed by atoms with Crippen LogP contribution in [0.4, 0.5) is 5.82 Å². The van der Waals surface area contributed by atoms with Crippen LogP contribution in [0.25, 0.3) is 5.82 Å². The van der Waals surface area contributed by atoms with Crippen LogP contribution in [0.1, 0.15) is 0 Å². The van der Waals surface area contributed by atoms with Crippen molar-refractivity contribution in [2.24, 2.45) is 0 Å². The van der Waals surface area contributed by atoms with Crippen LogP contribution in [0.5, 0.6) is 0 Å². The number of aromatic nitrogens is 3. The van der Waals surface area contributed by atoms with E-state index in [-0.39, 0.29) is 11.4 Å². The van der Waals surface area contributed by atoms with Crippen LogP contribution in [0.3, 0.4) is 0 Å². The normalized spacial score (nSPS) is 11.4. The van der Waals surface area contributed by atoms with Gasteiger partial charge in [0.05, 0.1) is 4.90 Å². The van der Waals surface area contributed by atoms with Gasteiger partial charge >= 0.3 is 0 Å². The summed E-state index contributed by atoms with van der Waals surface area (Å²) < 4.78 is 29.5. The fourth-order valence-electron chi connectivity index (χ4n) is 2.12. The second-order valence-electron chi connectivity index (χ2n) is 5.15. The highest BCUT2D eigenvalue weighted by atomic mass is 79.9. The van der Waals surface area contributed by atoms with Crippen molar-refractivity contribution in [2.75, 3.05) is 18.4 Å². The molecule has 25 heavy (non-hydrogen) atoms. The lowest BCUT2D eigenvalue weighted by Gasteiger charge is -2.08. The zero-order chi connectivity index (χ0) is 17.7. The summed E-state index contributed by atoms with van der Waals surface area (Å²) in [6.45, 7) is 0.632. The van der Waals surface area contributed by atoms with Crippen molar-refractivity contribution in [3.05, 3.63) is 65.4 Å². The molecular formula is C16H16BrN5O2S. The summed E-state index contributed by atoms with van der Waals surface area (Å²) in [6.07, 6.45) is 3.77. The Morgan fingerprint density at radius 2 is 1.68 bits per heavy atom. The van der Waals surface area contributed by atoms with Gasteiger partial charge in [-0.15, -0.1) is 10.2 Å². The Kier molecular flexibility index (Phi) is 5.47. The van der Waals surface area contributed by atoms with Crippen molar-refractivity contribution in [2.45, 2.75) is 4.90 Å². The fraction of sp³-hybridized carbons (Fsp3) is 0.125. The molecule has 0 atom stereocenters. The van der Waals surface area contributed by atoms with Crippen LogP contribution in [0.2, 0.25) is 0 Å². The minimum Gasteiger partial charge on any atom is -0.367 e. The molecule has 0 fully saturated rings. The van der Waals surface area contributed by atoms with Gasteiger partial charge in [-0.25, -0.2) is 13.1 Å². The maximum absolute atomic E-state index is 12.1. The standard InChI is InChI=1S/C16H16BrN5O2S/c17-13-3-5-14(6-4-13)25(23,24)19-10-9-18-15-7-8-16(21-20-15)22-11-1-2-12-22/h1-8,11-12,19H,9-10H2,(H,18,20). The molecule has 0 spiro atoms. The van der Waals surface area contributed by atoms with Crippen LogP contribution in [-0.4, -0.2) is 36.3 Å². The number of nitrogens with one attached hydrogen (secondary N) is 2. The van der Waals surface area contributed by atoms with Gasteiger partial charge in [0, 0.05) is 30.0 Å². The quantitative estimate of drug-likeness (QED) is 0.571. The molecule has 0 unspecified atom stereocenters. The molecule has 0 saturated carbocycles. The molecule has 7 nitrogen and oxygen atoms in total. The highest BCUT2D eigenvalue weighted by molar-refractivity contribution is 9.10. The van der Waals surface area contributed by atoms with E-state index in [0.717, 1.165) is 4.47 Å². The topological polar surface area (TPSA) is 88.9 Å². The molecule has 3 rings (SSSR count). The first-order valence-corrected chi connectivity index (χ1v) is 9.78. The number of sulfonamides is 1. The Morgan fingerprint density at radius 1 is 0.960 bits per heavy atom. The van der Waals surface area contributed by atoms with Gasteiger partial charge in [-0.2, -0.15) is 0 Å². The second kappa shape index (κ2) is 7.77. The fourth-order valence-corrected chi connectivity index (χ4v) is 3.41. The lowest BCUT2D eigenvalue weighted by molar-refractivity contribution is 0.583. The van der Waals surface area contributed by atoms with Crippen molar-refractivity contribution in [3.8, 4) is 5.82 Å². The first kappa shape index (κ1) is 17.6. The van der Waals surface area contributed by atoms with E-state index in [1.54, 1.807) is 30.3 Å². The van der Waals surface area contributed by atoms with E-state index in [9.17, 15) is 8.42 Å². The largest absolute Gasteiger partial charge is 0.367 e. The van der Waals surface area contributed by atoms with Crippen LogP contribution >= 0.6 is 15.9 Å². The van der Waals surface area contributed by atoms with Crippen molar-refractivity contribution < 1.29 is 8.42 Å². The zero-order valence-corrected chi connectivity index (χ0v) is 15.5. The summed E-state index contributed by atoms with van der Waals surface area (Å²) in [5.41, 5.74) is 0. The summed E-state index contributed by atoms with van der Waals surface area (Å²) in [5, 5.41) is 11.2. The first-order valence-electron chi connectivity index (χ1n) is 7.51. The molecule has 2 N–H and O–H groups in total. The van der Waals surface area contributed by atoms with Crippen molar-refractivity contribution >= 4 is 31.8 Å². The van der Waals surface area contributed by atoms with E-state index in [0.29, 0.717) is 18.2 Å². The Hall–Kier alpha value is -2.23. The summed E-state index contributed by atoms with van der Waals surface area (Å²) in [6, 6.07) is 13.9. The maximum atomic E-state index is 12.1. The SMILES string of the molecule is O=S(=O)(NCCNc1ccc(-n2cccc2)nn1)c1ccc(Br)cc1. The van der Waals surface area contributed by atoms with E-state index in [1.807, 2.05) is 35.2 Å².